The zero-order valence-corrected chi connectivity index (χ0v) is 18.1. The van der Waals surface area contributed by atoms with Crippen molar-refractivity contribution in [3.63, 3.8) is 0 Å². The van der Waals surface area contributed by atoms with Crippen LogP contribution in [0.2, 0.25) is 0 Å². The molecule has 1 amide bonds. The first-order valence-corrected chi connectivity index (χ1v) is 10.5. The summed E-state index contributed by atoms with van der Waals surface area (Å²) < 4.78 is 17.6. The molecule has 0 radical (unpaired) electrons. The number of aldehydes is 1. The molecule has 0 N–H and O–H groups in total. The van der Waals surface area contributed by atoms with Crippen LogP contribution in [0.25, 0.3) is 0 Å². The quantitative estimate of drug-likeness (QED) is 0.428. The molecule has 0 bridgehead atoms. The van der Waals surface area contributed by atoms with Gasteiger partial charge >= 0.3 is 6.09 Å². The third-order valence-electron chi connectivity index (χ3n) is 4.78. The fourth-order valence-electron chi connectivity index (χ4n) is 3.45. The second-order valence-corrected chi connectivity index (χ2v) is 8.69. The summed E-state index contributed by atoms with van der Waals surface area (Å²) in [5, 5.41) is 0. The summed E-state index contributed by atoms with van der Waals surface area (Å²) in [7, 11) is 0. The van der Waals surface area contributed by atoms with Gasteiger partial charge in [-0.3, -0.25) is 0 Å². The van der Waals surface area contributed by atoms with Crippen LogP contribution in [0.1, 0.15) is 58.9 Å². The lowest BCUT2D eigenvalue weighted by Gasteiger charge is -2.28. The molecule has 1 heterocycles. The standard InChI is InChI=1S/C23H35NO5/c1-18(10-8-9-13-25)28-21-14-20(17-27-16-19-11-6-5-7-12-19)24(15-21)22(26)29-23(2,3)4/h5-7,11-13,18,20-21H,8-10,14-17H2,1-4H3/t18?,20-,21?/m1/s1. The van der Waals surface area contributed by atoms with Crippen LogP contribution < -0.4 is 0 Å². The Morgan fingerprint density at radius 3 is 2.66 bits per heavy atom. The molecule has 0 aliphatic carbocycles. The maximum Gasteiger partial charge on any atom is 0.410 e. The molecule has 6 heteroatoms. The van der Waals surface area contributed by atoms with E-state index in [-0.39, 0.29) is 24.3 Å². The van der Waals surface area contributed by atoms with Gasteiger partial charge in [0.1, 0.15) is 11.9 Å². The Kier molecular flexibility index (Phi) is 9.11. The Hall–Kier alpha value is -1.92. The van der Waals surface area contributed by atoms with Gasteiger partial charge in [-0.05, 0) is 52.5 Å². The van der Waals surface area contributed by atoms with Crippen molar-refractivity contribution in [2.45, 2.75) is 83.8 Å². The van der Waals surface area contributed by atoms with Crippen LogP contribution in [0, 0.1) is 0 Å². The summed E-state index contributed by atoms with van der Waals surface area (Å²) in [5.41, 5.74) is 0.555. The number of hydrogen-bond donors (Lipinski definition) is 0. The van der Waals surface area contributed by atoms with Crippen LogP contribution >= 0.6 is 0 Å². The van der Waals surface area contributed by atoms with Crippen LogP contribution in [0.15, 0.2) is 30.3 Å². The van der Waals surface area contributed by atoms with Gasteiger partial charge in [-0.25, -0.2) is 4.79 Å². The molecule has 6 nitrogen and oxygen atoms in total. The Labute approximate surface area is 174 Å². The predicted octanol–water partition coefficient (Wildman–Crippen LogP) is 4.36. The van der Waals surface area contributed by atoms with E-state index in [2.05, 4.69) is 0 Å². The minimum absolute atomic E-state index is 0.0458. The first-order valence-electron chi connectivity index (χ1n) is 10.5. The van der Waals surface area contributed by atoms with E-state index in [1.807, 2.05) is 58.0 Å². The third kappa shape index (κ3) is 8.54. The summed E-state index contributed by atoms with van der Waals surface area (Å²) in [6, 6.07) is 9.90. The van der Waals surface area contributed by atoms with E-state index in [0.717, 1.165) is 24.7 Å². The predicted molar refractivity (Wildman–Crippen MR) is 112 cm³/mol. The minimum atomic E-state index is -0.548. The number of likely N-dealkylation sites (tertiary alicyclic amines) is 1. The summed E-state index contributed by atoms with van der Waals surface area (Å²) in [4.78, 5) is 24.9. The molecule has 1 aliphatic rings. The van der Waals surface area contributed by atoms with E-state index in [1.54, 1.807) is 4.90 Å². The molecule has 1 aromatic rings. The smallest absolute Gasteiger partial charge is 0.410 e. The van der Waals surface area contributed by atoms with E-state index in [0.29, 0.717) is 32.6 Å². The number of carbonyl (C=O) groups is 2. The van der Waals surface area contributed by atoms with Gasteiger partial charge in [0.05, 0.1) is 38.0 Å². The number of rotatable bonds is 10. The molecular formula is C23H35NO5. The number of hydrogen-bond acceptors (Lipinski definition) is 5. The highest BCUT2D eigenvalue weighted by Crippen LogP contribution is 2.25. The summed E-state index contributed by atoms with van der Waals surface area (Å²) in [5.74, 6) is 0. The van der Waals surface area contributed by atoms with Crippen molar-refractivity contribution in [2.24, 2.45) is 0 Å². The Morgan fingerprint density at radius 1 is 1.28 bits per heavy atom. The average molecular weight is 406 g/mol. The molecule has 2 unspecified atom stereocenters. The van der Waals surface area contributed by atoms with Gasteiger partial charge < -0.3 is 23.9 Å². The normalized spacial score (nSPS) is 20.5. The zero-order chi connectivity index (χ0) is 21.3. The number of amides is 1. The second kappa shape index (κ2) is 11.3. The van der Waals surface area contributed by atoms with Crippen LogP contribution in [-0.4, -0.2) is 54.3 Å². The van der Waals surface area contributed by atoms with Crippen molar-refractivity contribution in [3.05, 3.63) is 35.9 Å². The highest BCUT2D eigenvalue weighted by molar-refractivity contribution is 5.69. The van der Waals surface area contributed by atoms with E-state index in [4.69, 9.17) is 14.2 Å². The number of benzene rings is 1. The molecule has 1 aliphatic heterocycles. The minimum Gasteiger partial charge on any atom is -0.444 e. The monoisotopic (exact) mass is 405 g/mol. The van der Waals surface area contributed by atoms with Gasteiger partial charge in [-0.15, -0.1) is 0 Å². The summed E-state index contributed by atoms with van der Waals surface area (Å²) in [6.45, 7) is 9.05. The maximum atomic E-state index is 12.7. The van der Waals surface area contributed by atoms with Gasteiger partial charge in [0.25, 0.3) is 0 Å². The molecule has 1 saturated heterocycles. The van der Waals surface area contributed by atoms with E-state index in [1.165, 1.54) is 0 Å². The molecule has 1 fully saturated rings. The molecule has 162 valence electrons. The van der Waals surface area contributed by atoms with Gasteiger partial charge in [-0.1, -0.05) is 30.3 Å². The maximum absolute atomic E-state index is 12.7. The van der Waals surface area contributed by atoms with Gasteiger partial charge in [-0.2, -0.15) is 0 Å². The second-order valence-electron chi connectivity index (χ2n) is 8.69. The molecule has 0 saturated carbocycles. The van der Waals surface area contributed by atoms with Crippen molar-refractivity contribution in [1.82, 2.24) is 4.90 Å². The SMILES string of the molecule is CC(CCCC=O)OC1C[C@H](COCc2ccccc2)N(C(=O)OC(C)(C)C)C1. The highest BCUT2D eigenvalue weighted by Gasteiger charge is 2.38. The lowest BCUT2D eigenvalue weighted by atomic mass is 10.1. The molecule has 2 rings (SSSR count). The first kappa shape index (κ1) is 23.4. The first-order chi connectivity index (χ1) is 13.8. The fraction of sp³-hybridized carbons (Fsp3) is 0.652. The average Bonchev–Trinajstić information content (AvgIpc) is 3.04. The topological polar surface area (TPSA) is 65.1 Å². The van der Waals surface area contributed by atoms with Gasteiger partial charge in [0, 0.05) is 6.42 Å². The molecule has 3 atom stereocenters. The molecule has 0 aromatic heterocycles. The Morgan fingerprint density at radius 2 is 2.00 bits per heavy atom. The number of unbranched alkanes of at least 4 members (excludes halogenated alkanes) is 1. The van der Waals surface area contributed by atoms with Crippen LogP contribution in [0.5, 0.6) is 0 Å². The fourth-order valence-corrected chi connectivity index (χ4v) is 3.45. The number of carbonyl (C=O) groups excluding carboxylic acids is 2. The largest absolute Gasteiger partial charge is 0.444 e. The molecule has 29 heavy (non-hydrogen) atoms. The van der Waals surface area contributed by atoms with Crippen LogP contribution in [0.4, 0.5) is 4.79 Å². The van der Waals surface area contributed by atoms with Crippen LogP contribution in [-0.2, 0) is 25.6 Å². The van der Waals surface area contributed by atoms with E-state index >= 15 is 0 Å². The van der Waals surface area contributed by atoms with Crippen molar-refractivity contribution in [2.75, 3.05) is 13.2 Å². The number of nitrogens with zero attached hydrogens (tertiary/aromatic N) is 1. The van der Waals surface area contributed by atoms with Gasteiger partial charge in [0.2, 0.25) is 0 Å². The van der Waals surface area contributed by atoms with Crippen LogP contribution in [0.3, 0.4) is 0 Å². The van der Waals surface area contributed by atoms with Crippen molar-refractivity contribution >= 4 is 12.4 Å². The lowest BCUT2D eigenvalue weighted by Crippen LogP contribution is -2.42. The Bertz CT molecular complexity index is 628. The lowest BCUT2D eigenvalue weighted by molar-refractivity contribution is -0.108. The zero-order valence-electron chi connectivity index (χ0n) is 18.1. The molecular weight excluding hydrogens is 370 g/mol. The van der Waals surface area contributed by atoms with Crippen molar-refractivity contribution < 1.29 is 23.8 Å². The highest BCUT2D eigenvalue weighted by atomic mass is 16.6. The van der Waals surface area contributed by atoms with Gasteiger partial charge in [0.15, 0.2) is 0 Å². The van der Waals surface area contributed by atoms with E-state index in [9.17, 15) is 9.59 Å². The van der Waals surface area contributed by atoms with Crippen molar-refractivity contribution in [3.8, 4) is 0 Å². The molecule has 0 spiro atoms. The summed E-state index contributed by atoms with van der Waals surface area (Å²) in [6.07, 6.45) is 3.51. The summed E-state index contributed by atoms with van der Waals surface area (Å²) >= 11 is 0. The van der Waals surface area contributed by atoms with E-state index < -0.39 is 5.60 Å². The Balaban J connectivity index is 1.92. The molecule has 1 aromatic carbocycles. The third-order valence-corrected chi connectivity index (χ3v) is 4.78. The van der Waals surface area contributed by atoms with Crippen molar-refractivity contribution in [1.29, 1.82) is 0 Å². The number of ether oxygens (including phenoxy) is 3.